The van der Waals surface area contributed by atoms with E-state index < -0.39 is 0 Å². The van der Waals surface area contributed by atoms with Crippen LogP contribution < -0.4 is 4.74 Å². The molecule has 25 heavy (non-hydrogen) atoms. The molecule has 5 nitrogen and oxygen atoms in total. The van der Waals surface area contributed by atoms with E-state index >= 15 is 0 Å². The van der Waals surface area contributed by atoms with Crippen molar-refractivity contribution in [1.29, 1.82) is 0 Å². The largest absolute Gasteiger partial charge is 0.480 e. The maximum atomic E-state index is 5.05. The quantitative estimate of drug-likeness (QED) is 0.390. The second-order valence-electron chi connectivity index (χ2n) is 4.97. The number of halogens is 2. The zero-order chi connectivity index (χ0) is 17.6. The average molecular weight is 462 g/mol. The lowest BCUT2D eigenvalue weighted by molar-refractivity contribution is 0.397. The summed E-state index contributed by atoms with van der Waals surface area (Å²) in [6, 6.07) is 13.7. The lowest BCUT2D eigenvalue weighted by Crippen LogP contribution is -1.93. The van der Waals surface area contributed by atoms with Crippen LogP contribution in [0.1, 0.15) is 9.30 Å². The highest BCUT2D eigenvalue weighted by atomic mass is 79.9. The Morgan fingerprint density at radius 2 is 1.48 bits per heavy atom. The molecule has 0 fully saturated rings. The van der Waals surface area contributed by atoms with Gasteiger partial charge < -0.3 is 4.74 Å². The molecular formula is C18H14Br2N4O. The molecule has 0 spiro atoms. The molecule has 4 aromatic rings. The number of hydrogen-bond donors (Lipinski definition) is 0. The molecule has 2 heterocycles. The summed E-state index contributed by atoms with van der Waals surface area (Å²) in [4.78, 5) is 16.9. The van der Waals surface area contributed by atoms with Crippen LogP contribution in [0.25, 0.3) is 22.1 Å². The predicted molar refractivity (Wildman–Crippen MR) is 106 cm³/mol. The number of alkyl halides is 2. The minimum atomic E-state index is 0.0649. The summed E-state index contributed by atoms with van der Waals surface area (Å²) in [5, 5.41) is 0. The fraction of sp³-hybridized carbons (Fsp3) is 0.111. The highest BCUT2D eigenvalue weighted by Crippen LogP contribution is 2.33. The van der Waals surface area contributed by atoms with Crippen LogP contribution in [0, 0.1) is 0 Å². The van der Waals surface area contributed by atoms with Crippen LogP contribution in [-0.2, 0) is 0 Å². The van der Waals surface area contributed by atoms with E-state index in [0.29, 0.717) is 5.88 Å². The number of rotatable bonds is 2. The van der Waals surface area contributed by atoms with E-state index in [1.165, 1.54) is 0 Å². The second kappa shape index (κ2) is 8.31. The van der Waals surface area contributed by atoms with E-state index in [0.717, 1.165) is 27.6 Å². The van der Waals surface area contributed by atoms with E-state index in [9.17, 15) is 0 Å². The van der Waals surface area contributed by atoms with Crippen molar-refractivity contribution in [3.8, 4) is 5.88 Å². The first-order valence-corrected chi connectivity index (χ1v) is 9.25. The van der Waals surface area contributed by atoms with Gasteiger partial charge in [0.05, 0.1) is 39.1 Å². The van der Waals surface area contributed by atoms with E-state index in [-0.39, 0.29) is 3.74 Å². The Kier molecular flexibility index (Phi) is 5.88. The second-order valence-corrected chi connectivity index (χ2v) is 8.03. The van der Waals surface area contributed by atoms with Gasteiger partial charge in [-0.15, -0.1) is 0 Å². The zero-order valence-electron chi connectivity index (χ0n) is 13.3. The minimum Gasteiger partial charge on any atom is -0.480 e. The van der Waals surface area contributed by atoms with Crippen molar-refractivity contribution < 1.29 is 4.74 Å². The zero-order valence-corrected chi connectivity index (χ0v) is 16.5. The van der Waals surface area contributed by atoms with Gasteiger partial charge in [0.1, 0.15) is 0 Å². The highest BCUT2D eigenvalue weighted by molar-refractivity contribution is 9.24. The Bertz CT molecular complexity index is 929. The molecule has 0 amide bonds. The van der Waals surface area contributed by atoms with Crippen LogP contribution in [0.3, 0.4) is 0 Å². The molecule has 0 aliphatic carbocycles. The van der Waals surface area contributed by atoms with E-state index in [1.807, 2.05) is 42.5 Å². The maximum Gasteiger partial charge on any atom is 0.232 e. The Morgan fingerprint density at radius 3 is 2.08 bits per heavy atom. The average Bonchev–Trinajstić information content (AvgIpc) is 2.67. The van der Waals surface area contributed by atoms with Gasteiger partial charge in [-0.25, -0.2) is 9.97 Å². The number of ether oxygens (including phenoxy) is 1. The van der Waals surface area contributed by atoms with Crippen molar-refractivity contribution in [3.63, 3.8) is 0 Å². The third-order valence-electron chi connectivity index (χ3n) is 3.40. The Balaban J connectivity index is 0.000000157. The van der Waals surface area contributed by atoms with Gasteiger partial charge in [-0.05, 0) is 18.2 Å². The number of aromatic nitrogens is 4. The van der Waals surface area contributed by atoms with Gasteiger partial charge in [-0.3, -0.25) is 9.97 Å². The van der Waals surface area contributed by atoms with Gasteiger partial charge in [-0.2, -0.15) is 0 Å². The fourth-order valence-corrected chi connectivity index (χ4v) is 2.96. The molecule has 0 N–H and O–H groups in total. The van der Waals surface area contributed by atoms with E-state index in [1.54, 1.807) is 25.7 Å². The molecule has 0 unspecified atom stereocenters. The Hall–Kier alpha value is -2.12. The molecule has 0 saturated heterocycles. The normalized spacial score (nSPS) is 10.6. The van der Waals surface area contributed by atoms with Gasteiger partial charge in [0.25, 0.3) is 0 Å². The molecule has 0 atom stereocenters. The number of para-hydroxylation sites is 3. The first kappa shape index (κ1) is 17.7. The summed E-state index contributed by atoms with van der Waals surface area (Å²) in [5.41, 5.74) is 4.64. The summed E-state index contributed by atoms with van der Waals surface area (Å²) >= 11 is 6.92. The minimum absolute atomic E-state index is 0.0649. The fourth-order valence-electron chi connectivity index (χ4n) is 2.22. The molecule has 0 bridgehead atoms. The molecule has 4 rings (SSSR count). The van der Waals surface area contributed by atoms with Crippen molar-refractivity contribution in [2.24, 2.45) is 0 Å². The van der Waals surface area contributed by atoms with Crippen LogP contribution in [-0.4, -0.2) is 27.0 Å². The van der Waals surface area contributed by atoms with Crippen molar-refractivity contribution in [2.45, 2.75) is 3.74 Å². The summed E-state index contributed by atoms with van der Waals surface area (Å²) in [7, 11) is 1.58. The number of fused-ring (bicyclic) bond motifs is 2. The molecule has 2 aromatic carbocycles. The third-order valence-corrected chi connectivity index (χ3v) is 4.39. The molecule has 0 aliphatic rings. The first-order chi connectivity index (χ1) is 12.2. The van der Waals surface area contributed by atoms with Crippen molar-refractivity contribution in [3.05, 3.63) is 66.6 Å². The van der Waals surface area contributed by atoms with Crippen LogP contribution in [0.5, 0.6) is 5.88 Å². The molecule has 126 valence electrons. The summed E-state index contributed by atoms with van der Waals surface area (Å²) in [6.07, 6.45) is 5.01. The smallest absolute Gasteiger partial charge is 0.232 e. The van der Waals surface area contributed by atoms with Gasteiger partial charge in [0.15, 0.2) is 0 Å². The van der Waals surface area contributed by atoms with Gasteiger partial charge >= 0.3 is 0 Å². The molecule has 0 radical (unpaired) electrons. The number of nitrogens with zero attached hydrogens (tertiary/aromatic N) is 4. The Labute approximate surface area is 161 Å². The lowest BCUT2D eigenvalue weighted by atomic mass is 10.2. The molecule has 2 aromatic heterocycles. The van der Waals surface area contributed by atoms with E-state index in [4.69, 9.17) is 4.74 Å². The molecular weight excluding hydrogens is 448 g/mol. The summed E-state index contributed by atoms with van der Waals surface area (Å²) in [6.45, 7) is 0. The number of benzene rings is 2. The Morgan fingerprint density at radius 1 is 0.840 bits per heavy atom. The summed E-state index contributed by atoms with van der Waals surface area (Å²) < 4.78 is 5.12. The third kappa shape index (κ3) is 4.29. The molecule has 0 aliphatic heterocycles. The van der Waals surface area contributed by atoms with Gasteiger partial charge in [-0.1, -0.05) is 56.1 Å². The predicted octanol–water partition coefficient (Wildman–Crippen LogP) is 5.06. The summed E-state index contributed by atoms with van der Waals surface area (Å²) in [5.74, 6) is 0.524. The first-order valence-electron chi connectivity index (χ1n) is 7.42. The number of methoxy groups -OCH3 is 1. The maximum absolute atomic E-state index is 5.05. The van der Waals surface area contributed by atoms with Crippen molar-refractivity contribution in [1.82, 2.24) is 19.9 Å². The standard InChI is InChI=1S/C10H8Br2N2O.C8H6N2/c1-15-8-5-13-7-4-2-3-6(10(11)12)9(7)14-8;1-2-4-8-7(3-1)9-5-6-10-8/h2-5,10H,1H3;1-6H. The number of hydrogen-bond acceptors (Lipinski definition) is 5. The van der Waals surface area contributed by atoms with Crippen LogP contribution in [0.15, 0.2) is 61.1 Å². The lowest BCUT2D eigenvalue weighted by Gasteiger charge is -2.07. The van der Waals surface area contributed by atoms with E-state index in [2.05, 4.69) is 51.8 Å². The molecule has 0 saturated carbocycles. The topological polar surface area (TPSA) is 60.8 Å². The SMILES string of the molecule is COc1cnc2cccc(C(Br)Br)c2n1.c1ccc2nccnc2c1. The van der Waals surface area contributed by atoms with Crippen LogP contribution >= 0.6 is 31.9 Å². The van der Waals surface area contributed by atoms with Crippen molar-refractivity contribution in [2.75, 3.05) is 7.11 Å². The van der Waals surface area contributed by atoms with Crippen LogP contribution in [0.2, 0.25) is 0 Å². The van der Waals surface area contributed by atoms with Crippen LogP contribution in [0.4, 0.5) is 0 Å². The van der Waals surface area contributed by atoms with Gasteiger partial charge in [0.2, 0.25) is 5.88 Å². The highest BCUT2D eigenvalue weighted by Gasteiger charge is 2.10. The van der Waals surface area contributed by atoms with Crippen molar-refractivity contribution >= 4 is 53.9 Å². The van der Waals surface area contributed by atoms with Gasteiger partial charge in [0, 0.05) is 18.0 Å². The molecule has 7 heteroatoms. The monoisotopic (exact) mass is 460 g/mol.